The van der Waals surface area contributed by atoms with Crippen molar-refractivity contribution < 1.29 is 23.4 Å². The van der Waals surface area contributed by atoms with Crippen LogP contribution in [0.5, 0.6) is 5.75 Å². The quantitative estimate of drug-likeness (QED) is 0.417. The number of carbonyl (C=O) groups is 1. The van der Waals surface area contributed by atoms with E-state index in [9.17, 15) is 9.90 Å². The molecule has 33 heavy (non-hydrogen) atoms. The summed E-state index contributed by atoms with van der Waals surface area (Å²) < 4.78 is 26.6. The monoisotopic (exact) mass is 445 g/mol. The van der Waals surface area contributed by atoms with E-state index < -0.39 is 0 Å². The highest BCUT2D eigenvalue weighted by atomic mass is 19.1. The predicted octanol–water partition coefficient (Wildman–Crippen LogP) is 5.14. The van der Waals surface area contributed by atoms with Crippen molar-refractivity contribution in [1.82, 2.24) is 4.90 Å². The maximum absolute atomic E-state index is 15.8. The molecule has 5 rings (SSSR count). The van der Waals surface area contributed by atoms with Crippen molar-refractivity contribution in [1.29, 1.82) is 0 Å². The Kier molecular flexibility index (Phi) is 5.60. The molecule has 1 saturated heterocycles. The van der Waals surface area contributed by atoms with Crippen molar-refractivity contribution in [3.05, 3.63) is 89.2 Å². The van der Waals surface area contributed by atoms with Crippen molar-refractivity contribution in [2.45, 2.75) is 13.0 Å². The second kappa shape index (κ2) is 8.71. The van der Waals surface area contributed by atoms with E-state index in [0.29, 0.717) is 42.6 Å². The number of carbonyl (C=O) groups excluding carboxylic acids is 1. The average molecular weight is 445 g/mol. The zero-order valence-corrected chi connectivity index (χ0v) is 18.3. The molecule has 1 aliphatic rings. The van der Waals surface area contributed by atoms with Crippen LogP contribution in [0.25, 0.3) is 22.3 Å². The molecule has 0 spiro atoms. The van der Waals surface area contributed by atoms with Crippen molar-refractivity contribution in [3.63, 3.8) is 0 Å². The fourth-order valence-electron chi connectivity index (χ4n) is 4.52. The molecule has 6 heteroatoms. The normalized spacial score (nSPS) is 14.4. The van der Waals surface area contributed by atoms with Crippen LogP contribution in [0.4, 0.5) is 4.39 Å². The lowest BCUT2D eigenvalue weighted by molar-refractivity contribution is -0.151. The Bertz CT molecular complexity index is 1320. The third-order valence-electron chi connectivity index (χ3n) is 6.20. The van der Waals surface area contributed by atoms with Crippen LogP contribution in [0, 0.1) is 11.7 Å². The molecule has 5 nitrogen and oxygen atoms in total. The van der Waals surface area contributed by atoms with Crippen LogP contribution in [0.2, 0.25) is 0 Å². The topological polar surface area (TPSA) is 62.9 Å². The van der Waals surface area contributed by atoms with E-state index in [-0.39, 0.29) is 29.2 Å². The van der Waals surface area contributed by atoms with Crippen LogP contribution in [0.15, 0.2) is 71.1 Å². The van der Waals surface area contributed by atoms with Gasteiger partial charge in [-0.2, -0.15) is 0 Å². The number of rotatable bonds is 6. The van der Waals surface area contributed by atoms with Gasteiger partial charge in [-0.15, -0.1) is 0 Å². The summed E-state index contributed by atoms with van der Waals surface area (Å²) in [7, 11) is 1.40. The van der Waals surface area contributed by atoms with E-state index >= 15 is 4.39 Å². The second-order valence-electron chi connectivity index (χ2n) is 8.45. The smallest absolute Gasteiger partial charge is 0.311 e. The van der Waals surface area contributed by atoms with Gasteiger partial charge in [0.25, 0.3) is 0 Å². The first-order chi connectivity index (χ1) is 16.0. The predicted molar refractivity (Wildman–Crippen MR) is 123 cm³/mol. The lowest BCUT2D eigenvalue weighted by Gasteiger charge is -2.37. The SMILES string of the molecule is COC(=O)C1CN(Cc2ccccc2-c2oc3cccc(Cc4cccc(O)c4)c3c2F)C1. The Morgan fingerprint density at radius 3 is 2.64 bits per heavy atom. The van der Waals surface area contributed by atoms with Crippen LogP contribution in [0.3, 0.4) is 0 Å². The molecule has 1 aromatic heterocycles. The number of esters is 1. The first-order valence-electron chi connectivity index (χ1n) is 10.9. The number of methoxy groups -OCH3 is 1. The van der Waals surface area contributed by atoms with E-state index in [1.165, 1.54) is 7.11 Å². The first kappa shape index (κ1) is 21.2. The Labute approximate surface area is 191 Å². The Morgan fingerprint density at radius 2 is 1.85 bits per heavy atom. The number of hydrogen-bond acceptors (Lipinski definition) is 5. The van der Waals surface area contributed by atoms with Crippen LogP contribution in [0.1, 0.15) is 16.7 Å². The van der Waals surface area contributed by atoms with E-state index in [0.717, 1.165) is 16.7 Å². The van der Waals surface area contributed by atoms with E-state index in [1.807, 2.05) is 42.5 Å². The van der Waals surface area contributed by atoms with Gasteiger partial charge in [-0.25, -0.2) is 4.39 Å². The summed E-state index contributed by atoms with van der Waals surface area (Å²) in [5.41, 5.74) is 3.82. The highest BCUT2D eigenvalue weighted by Crippen LogP contribution is 2.37. The molecule has 2 heterocycles. The summed E-state index contributed by atoms with van der Waals surface area (Å²) in [6.07, 6.45) is 0.478. The molecule has 1 aliphatic heterocycles. The number of hydrogen-bond donors (Lipinski definition) is 1. The summed E-state index contributed by atoms with van der Waals surface area (Å²) >= 11 is 0. The highest BCUT2D eigenvalue weighted by molar-refractivity contribution is 5.87. The van der Waals surface area contributed by atoms with Gasteiger partial charge in [0.2, 0.25) is 0 Å². The first-order valence-corrected chi connectivity index (χ1v) is 10.9. The largest absolute Gasteiger partial charge is 0.508 e. The molecule has 168 valence electrons. The molecule has 1 N–H and O–H groups in total. The summed E-state index contributed by atoms with van der Waals surface area (Å²) in [6.45, 7) is 1.84. The summed E-state index contributed by atoms with van der Waals surface area (Å²) in [5.74, 6) is -0.284. The zero-order valence-electron chi connectivity index (χ0n) is 18.3. The van der Waals surface area contributed by atoms with Gasteiger partial charge < -0.3 is 14.3 Å². The number of halogens is 1. The van der Waals surface area contributed by atoms with Gasteiger partial charge in [0.15, 0.2) is 11.6 Å². The maximum atomic E-state index is 15.8. The summed E-state index contributed by atoms with van der Waals surface area (Å²) in [5, 5.41) is 10.2. The van der Waals surface area contributed by atoms with Gasteiger partial charge in [0, 0.05) is 25.2 Å². The van der Waals surface area contributed by atoms with Crippen LogP contribution in [-0.2, 0) is 22.5 Å². The number of furan rings is 1. The number of nitrogens with zero attached hydrogens (tertiary/aromatic N) is 1. The Morgan fingerprint density at radius 1 is 1.09 bits per heavy atom. The number of fused-ring (bicyclic) bond motifs is 1. The van der Waals surface area contributed by atoms with Gasteiger partial charge in [0.05, 0.1) is 18.4 Å². The fraction of sp³-hybridized carbons (Fsp3) is 0.222. The molecule has 0 bridgehead atoms. The molecular formula is C27H24FNO4. The summed E-state index contributed by atoms with van der Waals surface area (Å²) in [6, 6.07) is 20.1. The molecule has 0 amide bonds. The highest BCUT2D eigenvalue weighted by Gasteiger charge is 2.33. The van der Waals surface area contributed by atoms with E-state index in [1.54, 1.807) is 24.3 Å². The number of aromatic hydroxyl groups is 1. The average Bonchev–Trinajstić information content (AvgIpc) is 3.13. The van der Waals surface area contributed by atoms with Crippen molar-refractivity contribution in [3.8, 4) is 17.1 Å². The van der Waals surface area contributed by atoms with Crippen molar-refractivity contribution in [2.75, 3.05) is 20.2 Å². The summed E-state index contributed by atoms with van der Waals surface area (Å²) in [4.78, 5) is 13.8. The minimum atomic E-state index is -0.385. The van der Waals surface area contributed by atoms with Gasteiger partial charge in [0.1, 0.15) is 11.3 Å². The molecule has 0 unspecified atom stereocenters. The van der Waals surface area contributed by atoms with Gasteiger partial charge in [-0.1, -0.05) is 48.5 Å². The number of phenols is 1. The van der Waals surface area contributed by atoms with E-state index in [4.69, 9.17) is 9.15 Å². The van der Waals surface area contributed by atoms with Gasteiger partial charge >= 0.3 is 5.97 Å². The Hall–Kier alpha value is -3.64. The van der Waals surface area contributed by atoms with Gasteiger partial charge in [-0.3, -0.25) is 9.69 Å². The molecule has 0 saturated carbocycles. The zero-order chi connectivity index (χ0) is 22.9. The van der Waals surface area contributed by atoms with Crippen LogP contribution >= 0.6 is 0 Å². The second-order valence-corrected chi connectivity index (χ2v) is 8.45. The van der Waals surface area contributed by atoms with Crippen LogP contribution < -0.4 is 0 Å². The van der Waals surface area contributed by atoms with Crippen molar-refractivity contribution >= 4 is 16.9 Å². The number of ether oxygens (including phenoxy) is 1. The molecule has 0 atom stereocenters. The molecule has 0 aliphatic carbocycles. The van der Waals surface area contributed by atoms with Crippen LogP contribution in [-0.4, -0.2) is 36.2 Å². The molecule has 3 aromatic carbocycles. The molecule has 0 radical (unpaired) electrons. The van der Waals surface area contributed by atoms with Crippen molar-refractivity contribution in [2.24, 2.45) is 5.92 Å². The lowest BCUT2D eigenvalue weighted by atomic mass is 9.97. The minimum absolute atomic E-state index is 0.106. The number of likely N-dealkylation sites (tertiary alicyclic amines) is 1. The molecular weight excluding hydrogens is 421 g/mol. The lowest BCUT2D eigenvalue weighted by Crippen LogP contribution is -2.50. The molecule has 1 fully saturated rings. The van der Waals surface area contributed by atoms with Gasteiger partial charge in [-0.05, 0) is 41.3 Å². The third-order valence-corrected chi connectivity index (χ3v) is 6.20. The van der Waals surface area contributed by atoms with E-state index in [2.05, 4.69) is 4.90 Å². The number of benzene rings is 3. The maximum Gasteiger partial charge on any atom is 0.311 e. The fourth-order valence-corrected chi connectivity index (χ4v) is 4.52. The standard InChI is InChI=1S/C27H24FNO4/c1-32-27(31)20-15-29(16-20)14-19-7-2-3-10-22(19)26-25(28)24-18(8-5-11-23(24)33-26)12-17-6-4-9-21(30)13-17/h2-11,13,20,30H,12,14-16H2,1H3. The third kappa shape index (κ3) is 4.10. The minimum Gasteiger partial charge on any atom is -0.508 e. The molecule has 4 aromatic rings. The Balaban J connectivity index is 1.46. The number of phenolic OH excluding ortho intramolecular Hbond substituents is 1.